The number of nitrogens with one attached hydrogen (secondary N) is 1. The van der Waals surface area contributed by atoms with Crippen molar-refractivity contribution < 1.29 is 14.3 Å². The molecule has 1 heterocycles. The molecule has 1 unspecified atom stereocenters. The minimum atomic E-state index is -0.128. The topological polar surface area (TPSA) is 60.5 Å². The minimum absolute atomic E-state index is 0.0667. The number of ether oxygens (including phenoxy) is 2. The molecule has 0 saturated heterocycles. The molecule has 0 spiro atoms. The van der Waals surface area contributed by atoms with Gasteiger partial charge in [0.1, 0.15) is 18.1 Å². The normalized spacial score (nSPS) is 11.6. The Morgan fingerprint density at radius 1 is 1.19 bits per heavy atom. The summed E-state index contributed by atoms with van der Waals surface area (Å²) in [6.45, 7) is 2.43. The third-order valence-corrected chi connectivity index (χ3v) is 4.83. The molecule has 2 aromatic carbocycles. The molecule has 0 radical (unpaired) electrons. The molecule has 0 saturated carbocycles. The number of thiazole rings is 1. The summed E-state index contributed by atoms with van der Waals surface area (Å²) in [5.41, 5.74) is 4.26. The summed E-state index contributed by atoms with van der Waals surface area (Å²) >= 11 is 1.53. The molecule has 3 rings (SSSR count). The average Bonchev–Trinajstić information content (AvgIpc) is 3.24. The quantitative estimate of drug-likeness (QED) is 0.618. The van der Waals surface area contributed by atoms with Crippen LogP contribution in [-0.2, 0) is 6.61 Å². The van der Waals surface area contributed by atoms with Crippen LogP contribution in [0.1, 0.15) is 41.0 Å². The van der Waals surface area contributed by atoms with E-state index in [9.17, 15) is 4.79 Å². The van der Waals surface area contributed by atoms with Gasteiger partial charge >= 0.3 is 0 Å². The molecule has 0 aliphatic carbocycles. The Bertz CT molecular complexity index is 863. The molecule has 27 heavy (non-hydrogen) atoms. The van der Waals surface area contributed by atoms with Crippen molar-refractivity contribution in [1.82, 2.24) is 10.3 Å². The van der Waals surface area contributed by atoms with Crippen LogP contribution >= 0.6 is 11.3 Å². The van der Waals surface area contributed by atoms with Crippen LogP contribution in [0.15, 0.2) is 59.4 Å². The fraction of sp³-hybridized carbons (Fsp3) is 0.238. The summed E-state index contributed by atoms with van der Waals surface area (Å²) in [7, 11) is 1.64. The Balaban J connectivity index is 1.65. The van der Waals surface area contributed by atoms with Crippen molar-refractivity contribution in [3.63, 3.8) is 0 Å². The van der Waals surface area contributed by atoms with Gasteiger partial charge in [-0.2, -0.15) is 0 Å². The van der Waals surface area contributed by atoms with Crippen molar-refractivity contribution in [3.05, 3.63) is 76.2 Å². The van der Waals surface area contributed by atoms with Crippen LogP contribution < -0.4 is 14.8 Å². The van der Waals surface area contributed by atoms with E-state index in [4.69, 9.17) is 9.47 Å². The minimum Gasteiger partial charge on any atom is -0.497 e. The SMILES string of the molecule is CCC(NC(=O)c1cccc(OCc2cscn2)c1)c1ccc(OC)cc1. The van der Waals surface area contributed by atoms with E-state index >= 15 is 0 Å². The number of rotatable bonds is 8. The largest absolute Gasteiger partial charge is 0.497 e. The highest BCUT2D eigenvalue weighted by Gasteiger charge is 2.15. The molecule has 0 fully saturated rings. The van der Waals surface area contributed by atoms with Crippen LogP contribution in [0.4, 0.5) is 0 Å². The summed E-state index contributed by atoms with van der Waals surface area (Å²) < 4.78 is 10.9. The molecule has 3 aromatic rings. The van der Waals surface area contributed by atoms with E-state index < -0.39 is 0 Å². The summed E-state index contributed by atoms with van der Waals surface area (Å²) in [6.07, 6.45) is 0.790. The zero-order chi connectivity index (χ0) is 19.1. The first kappa shape index (κ1) is 18.9. The lowest BCUT2D eigenvalue weighted by Gasteiger charge is -2.18. The van der Waals surface area contributed by atoms with Crippen molar-refractivity contribution in [3.8, 4) is 11.5 Å². The number of hydrogen-bond donors (Lipinski definition) is 1. The molecule has 140 valence electrons. The van der Waals surface area contributed by atoms with Crippen molar-refractivity contribution in [1.29, 1.82) is 0 Å². The number of amides is 1. The van der Waals surface area contributed by atoms with Crippen LogP contribution in [0.3, 0.4) is 0 Å². The third kappa shape index (κ3) is 5.08. The van der Waals surface area contributed by atoms with Crippen molar-refractivity contribution in [2.75, 3.05) is 7.11 Å². The molecule has 0 aliphatic heterocycles. The maximum absolute atomic E-state index is 12.7. The van der Waals surface area contributed by atoms with Gasteiger partial charge in [0, 0.05) is 10.9 Å². The molecular weight excluding hydrogens is 360 g/mol. The summed E-state index contributed by atoms with van der Waals surface area (Å²) in [6, 6.07) is 14.9. The molecule has 1 atom stereocenters. The molecule has 1 amide bonds. The molecule has 6 heteroatoms. The van der Waals surface area contributed by atoms with Crippen LogP contribution in [0.25, 0.3) is 0 Å². The predicted octanol–water partition coefficient (Wildman–Crippen LogP) is 4.61. The van der Waals surface area contributed by atoms with Gasteiger partial charge in [-0.1, -0.05) is 25.1 Å². The van der Waals surface area contributed by atoms with Crippen LogP contribution in [-0.4, -0.2) is 18.0 Å². The second kappa shape index (κ2) is 9.19. The zero-order valence-corrected chi connectivity index (χ0v) is 16.2. The molecule has 0 aliphatic rings. The summed E-state index contributed by atoms with van der Waals surface area (Å²) in [5.74, 6) is 1.31. The van der Waals surface area contributed by atoms with E-state index in [1.807, 2.05) is 48.7 Å². The Kier molecular flexibility index (Phi) is 6.44. The van der Waals surface area contributed by atoms with Gasteiger partial charge in [0.25, 0.3) is 5.91 Å². The first-order chi connectivity index (χ1) is 13.2. The Morgan fingerprint density at radius 2 is 2.00 bits per heavy atom. The number of aromatic nitrogens is 1. The van der Waals surface area contributed by atoms with Gasteiger partial charge in [-0.05, 0) is 42.3 Å². The highest BCUT2D eigenvalue weighted by atomic mass is 32.1. The number of nitrogens with zero attached hydrogens (tertiary/aromatic N) is 1. The van der Waals surface area contributed by atoms with Crippen molar-refractivity contribution in [2.24, 2.45) is 0 Å². The Morgan fingerprint density at radius 3 is 2.67 bits per heavy atom. The van der Waals surface area contributed by atoms with Crippen LogP contribution in [0.2, 0.25) is 0 Å². The average molecular weight is 382 g/mol. The lowest BCUT2D eigenvalue weighted by molar-refractivity contribution is 0.0935. The first-order valence-electron chi connectivity index (χ1n) is 8.74. The van der Waals surface area contributed by atoms with Gasteiger partial charge < -0.3 is 14.8 Å². The highest BCUT2D eigenvalue weighted by molar-refractivity contribution is 7.07. The third-order valence-electron chi connectivity index (χ3n) is 4.20. The Labute approximate surface area is 163 Å². The van der Waals surface area contributed by atoms with Gasteiger partial charge in [-0.3, -0.25) is 4.79 Å². The van der Waals surface area contributed by atoms with Gasteiger partial charge in [0.2, 0.25) is 0 Å². The molecule has 5 nitrogen and oxygen atoms in total. The van der Waals surface area contributed by atoms with E-state index in [0.717, 1.165) is 23.4 Å². The molecule has 0 bridgehead atoms. The molecule has 1 N–H and O–H groups in total. The van der Waals surface area contributed by atoms with E-state index in [1.54, 1.807) is 24.8 Å². The maximum Gasteiger partial charge on any atom is 0.251 e. The van der Waals surface area contributed by atoms with Gasteiger partial charge in [0.15, 0.2) is 0 Å². The second-order valence-electron chi connectivity index (χ2n) is 6.00. The monoisotopic (exact) mass is 382 g/mol. The molecule has 1 aromatic heterocycles. The number of carbonyl (C=O) groups excluding carboxylic acids is 1. The fourth-order valence-corrected chi connectivity index (χ4v) is 3.24. The van der Waals surface area contributed by atoms with Crippen LogP contribution in [0, 0.1) is 0 Å². The van der Waals surface area contributed by atoms with Gasteiger partial charge in [-0.25, -0.2) is 4.98 Å². The van der Waals surface area contributed by atoms with Crippen molar-refractivity contribution >= 4 is 17.2 Å². The summed E-state index contributed by atoms with van der Waals surface area (Å²) in [5, 5.41) is 5.03. The zero-order valence-electron chi connectivity index (χ0n) is 15.3. The predicted molar refractivity (Wildman–Crippen MR) is 106 cm³/mol. The molecular formula is C21H22N2O3S. The Hall–Kier alpha value is -2.86. The summed E-state index contributed by atoms with van der Waals surface area (Å²) in [4.78, 5) is 16.9. The van der Waals surface area contributed by atoms with E-state index in [1.165, 1.54) is 11.3 Å². The number of methoxy groups -OCH3 is 1. The lowest BCUT2D eigenvalue weighted by atomic mass is 10.0. The number of carbonyl (C=O) groups is 1. The van der Waals surface area contributed by atoms with E-state index in [2.05, 4.69) is 10.3 Å². The van der Waals surface area contributed by atoms with Crippen LogP contribution in [0.5, 0.6) is 11.5 Å². The van der Waals surface area contributed by atoms with Gasteiger partial charge in [0.05, 0.1) is 24.4 Å². The number of hydrogen-bond acceptors (Lipinski definition) is 5. The maximum atomic E-state index is 12.7. The van der Waals surface area contributed by atoms with E-state index in [-0.39, 0.29) is 11.9 Å². The highest BCUT2D eigenvalue weighted by Crippen LogP contribution is 2.21. The smallest absolute Gasteiger partial charge is 0.251 e. The van der Waals surface area contributed by atoms with E-state index in [0.29, 0.717) is 17.9 Å². The van der Waals surface area contributed by atoms with Gasteiger partial charge in [-0.15, -0.1) is 11.3 Å². The van der Waals surface area contributed by atoms with Crippen molar-refractivity contribution in [2.45, 2.75) is 26.0 Å². The second-order valence-corrected chi connectivity index (χ2v) is 6.72. The first-order valence-corrected chi connectivity index (χ1v) is 9.68. The number of benzene rings is 2. The lowest BCUT2D eigenvalue weighted by Crippen LogP contribution is -2.28. The fourth-order valence-electron chi connectivity index (χ4n) is 2.69. The standard InChI is InChI=1S/C21H22N2O3S/c1-3-20(15-7-9-18(25-2)10-8-15)23-21(24)16-5-4-6-19(11-16)26-12-17-13-27-14-22-17/h4-11,13-14,20H,3,12H2,1-2H3,(H,23,24).